The number of carbonyl (C=O) groups is 1. The second kappa shape index (κ2) is 5.02. The van der Waals surface area contributed by atoms with Gasteiger partial charge in [0.1, 0.15) is 0 Å². The average Bonchev–Trinajstić information content (AvgIpc) is 3.00. The number of fused-ring (bicyclic) bond motifs is 1. The number of carbonyl (C=O) groups excluding carboxylic acids is 1. The molecule has 4 nitrogen and oxygen atoms in total. The number of halogens is 2. The minimum absolute atomic E-state index is 0.0315. The van der Waals surface area contributed by atoms with Crippen LogP contribution in [0.5, 0.6) is 0 Å². The quantitative estimate of drug-likeness (QED) is 0.577. The molecule has 0 aromatic carbocycles. The number of hydrogen-bond acceptors (Lipinski definition) is 4. The van der Waals surface area contributed by atoms with Crippen molar-refractivity contribution in [2.45, 2.75) is 64.1 Å². The van der Waals surface area contributed by atoms with Gasteiger partial charge in [0.05, 0.1) is 18.3 Å². The lowest BCUT2D eigenvalue weighted by Gasteiger charge is -2.32. The predicted octanol–water partition coefficient (Wildman–Crippen LogP) is 3.15. The Hall–Kier alpha value is -0.945. The highest BCUT2D eigenvalue weighted by molar-refractivity contribution is 6.55. The van der Waals surface area contributed by atoms with Gasteiger partial charge in [0.2, 0.25) is 0 Å². The summed E-state index contributed by atoms with van der Waals surface area (Å²) in [4.78, 5) is 12.1. The number of methoxy groups -OCH3 is 1. The molecule has 2 unspecified atom stereocenters. The lowest BCUT2D eigenvalue weighted by molar-refractivity contribution is -0.136. The fraction of sp³-hybridized carbons (Fsp3) is 0.812. The number of ether oxygens (including phenoxy) is 1. The first-order valence-electron chi connectivity index (χ1n) is 8.05. The maximum Gasteiger partial charge on any atom is 0.491 e. The number of esters is 1. The monoisotopic (exact) mass is 328 g/mol. The van der Waals surface area contributed by atoms with Crippen LogP contribution >= 0.6 is 0 Å². The van der Waals surface area contributed by atoms with Crippen molar-refractivity contribution in [3.8, 4) is 0 Å². The summed E-state index contributed by atoms with van der Waals surface area (Å²) in [6.45, 7) is 7.62. The topological polar surface area (TPSA) is 44.8 Å². The van der Waals surface area contributed by atoms with Crippen molar-refractivity contribution in [3.05, 3.63) is 11.0 Å². The number of hydrogen-bond donors (Lipinski definition) is 0. The van der Waals surface area contributed by atoms with E-state index in [1.165, 1.54) is 7.11 Å². The molecule has 2 aliphatic carbocycles. The molecule has 1 saturated carbocycles. The van der Waals surface area contributed by atoms with Crippen LogP contribution in [0.4, 0.5) is 8.78 Å². The van der Waals surface area contributed by atoms with Gasteiger partial charge >= 0.3 is 13.1 Å². The summed E-state index contributed by atoms with van der Waals surface area (Å²) in [6.07, 6.45) is 0.223. The summed E-state index contributed by atoms with van der Waals surface area (Å²) in [6, 6.07) is 0. The molecule has 1 aliphatic heterocycles. The van der Waals surface area contributed by atoms with Crippen LogP contribution in [0.3, 0.4) is 0 Å². The van der Waals surface area contributed by atoms with Crippen LogP contribution in [0, 0.1) is 11.8 Å². The number of allylic oxidation sites excluding steroid dienone is 1. The first-order valence-corrected chi connectivity index (χ1v) is 8.05. The Morgan fingerprint density at radius 2 is 1.78 bits per heavy atom. The highest BCUT2D eigenvalue weighted by atomic mass is 19.3. The van der Waals surface area contributed by atoms with Crippen LogP contribution in [0.15, 0.2) is 11.0 Å². The smallest absolute Gasteiger partial charge is 0.466 e. The molecule has 0 spiro atoms. The first-order chi connectivity index (χ1) is 10.5. The fourth-order valence-corrected chi connectivity index (χ4v) is 3.87. The van der Waals surface area contributed by atoms with Gasteiger partial charge in [-0.2, -0.15) is 0 Å². The van der Waals surface area contributed by atoms with Gasteiger partial charge in [-0.25, -0.2) is 13.6 Å². The Labute approximate surface area is 135 Å². The van der Waals surface area contributed by atoms with Crippen LogP contribution < -0.4 is 0 Å². The van der Waals surface area contributed by atoms with E-state index in [2.05, 4.69) is 0 Å². The molecule has 0 bridgehead atoms. The number of alkyl halides is 2. The molecule has 2 fully saturated rings. The molecule has 2 atom stereocenters. The van der Waals surface area contributed by atoms with Crippen molar-refractivity contribution in [2.75, 3.05) is 7.11 Å². The van der Waals surface area contributed by atoms with Crippen molar-refractivity contribution in [1.82, 2.24) is 0 Å². The van der Waals surface area contributed by atoms with E-state index in [4.69, 9.17) is 14.0 Å². The summed E-state index contributed by atoms with van der Waals surface area (Å²) in [5, 5.41) is 0. The lowest BCUT2D eigenvalue weighted by Crippen LogP contribution is -2.41. The minimum atomic E-state index is -2.75. The van der Waals surface area contributed by atoms with E-state index in [9.17, 15) is 13.6 Å². The molecule has 23 heavy (non-hydrogen) atoms. The van der Waals surface area contributed by atoms with E-state index >= 15 is 0 Å². The molecular weight excluding hydrogens is 305 g/mol. The third-order valence-corrected chi connectivity index (χ3v) is 5.93. The third kappa shape index (κ3) is 2.43. The van der Waals surface area contributed by atoms with Gasteiger partial charge in [-0.1, -0.05) is 0 Å². The van der Waals surface area contributed by atoms with Crippen molar-refractivity contribution < 1.29 is 27.6 Å². The van der Waals surface area contributed by atoms with Gasteiger partial charge < -0.3 is 14.0 Å². The second-order valence-electron chi connectivity index (χ2n) is 7.73. The molecule has 0 amide bonds. The van der Waals surface area contributed by atoms with Crippen LogP contribution in [0.1, 0.15) is 47.0 Å². The molecule has 1 saturated heterocycles. The number of rotatable bonds is 2. The van der Waals surface area contributed by atoms with Gasteiger partial charge in [0.15, 0.2) is 0 Å². The molecular formula is C16H23BF2O4. The normalized spacial score (nSPS) is 34.0. The van der Waals surface area contributed by atoms with Gasteiger partial charge in [-0.3, -0.25) is 0 Å². The fourth-order valence-electron chi connectivity index (χ4n) is 3.87. The van der Waals surface area contributed by atoms with E-state index in [1.807, 2.05) is 27.7 Å². The summed E-state index contributed by atoms with van der Waals surface area (Å²) in [7, 11) is 0.502. The van der Waals surface area contributed by atoms with Crippen LogP contribution in [-0.2, 0) is 18.8 Å². The zero-order valence-corrected chi connectivity index (χ0v) is 14.2. The Balaban J connectivity index is 1.99. The standard InChI is InChI=1S/C16H23BF2O4/c1-14(2)15(3,4)23-17(22-14)12-9-6-7-16(18,19)11(9)8-10(12)13(20)21-5/h9,11H,6-8H2,1-5H3. The van der Waals surface area contributed by atoms with Crippen molar-refractivity contribution in [1.29, 1.82) is 0 Å². The molecule has 0 N–H and O–H groups in total. The predicted molar refractivity (Wildman–Crippen MR) is 80.9 cm³/mol. The summed E-state index contributed by atoms with van der Waals surface area (Å²) in [5.74, 6) is -4.55. The van der Waals surface area contributed by atoms with Crippen LogP contribution in [-0.4, -0.2) is 37.3 Å². The van der Waals surface area contributed by atoms with E-state index in [1.54, 1.807) is 0 Å². The largest absolute Gasteiger partial charge is 0.491 e. The Morgan fingerprint density at radius 3 is 2.30 bits per heavy atom. The van der Waals surface area contributed by atoms with Gasteiger partial charge in [-0.05, 0) is 51.9 Å². The molecule has 1 heterocycles. The van der Waals surface area contributed by atoms with Gasteiger partial charge in [0.25, 0.3) is 5.92 Å². The van der Waals surface area contributed by atoms with E-state index in [-0.39, 0.29) is 18.8 Å². The molecule has 7 heteroatoms. The minimum Gasteiger partial charge on any atom is -0.466 e. The Bertz CT molecular complexity index is 554. The SMILES string of the molecule is COC(=O)C1=C(B2OC(C)(C)C(C)(C)O2)C2CCC(F)(F)C2C1. The highest BCUT2D eigenvalue weighted by Crippen LogP contribution is 2.57. The van der Waals surface area contributed by atoms with Gasteiger partial charge in [-0.15, -0.1) is 0 Å². The molecule has 0 radical (unpaired) electrons. The molecule has 3 aliphatic rings. The average molecular weight is 328 g/mol. The van der Waals surface area contributed by atoms with Crippen LogP contribution in [0.2, 0.25) is 0 Å². The highest BCUT2D eigenvalue weighted by Gasteiger charge is 2.61. The van der Waals surface area contributed by atoms with Crippen molar-refractivity contribution >= 4 is 13.1 Å². The zero-order chi connectivity index (χ0) is 17.2. The summed E-state index contributed by atoms with van der Waals surface area (Å²) in [5.41, 5.74) is -0.283. The molecule has 3 rings (SSSR count). The maximum atomic E-state index is 14.1. The lowest BCUT2D eigenvalue weighted by atomic mass is 9.70. The maximum absolute atomic E-state index is 14.1. The van der Waals surface area contributed by atoms with Crippen molar-refractivity contribution in [2.24, 2.45) is 11.8 Å². The Morgan fingerprint density at radius 1 is 1.22 bits per heavy atom. The van der Waals surface area contributed by atoms with E-state index in [0.29, 0.717) is 17.5 Å². The molecule has 128 valence electrons. The first kappa shape index (κ1) is 16.9. The Kier molecular flexibility index (Phi) is 3.69. The van der Waals surface area contributed by atoms with Crippen molar-refractivity contribution in [3.63, 3.8) is 0 Å². The second-order valence-corrected chi connectivity index (χ2v) is 7.73. The molecule has 0 aromatic heterocycles. The van der Waals surface area contributed by atoms with E-state index < -0.39 is 36.1 Å². The summed E-state index contributed by atoms with van der Waals surface area (Å²) >= 11 is 0. The summed E-state index contributed by atoms with van der Waals surface area (Å²) < 4.78 is 45.1. The van der Waals surface area contributed by atoms with Crippen LogP contribution in [0.25, 0.3) is 0 Å². The third-order valence-electron chi connectivity index (χ3n) is 5.93. The molecule has 0 aromatic rings. The zero-order valence-electron chi connectivity index (χ0n) is 14.2. The van der Waals surface area contributed by atoms with E-state index in [0.717, 1.165) is 0 Å². The van der Waals surface area contributed by atoms with Gasteiger partial charge in [0, 0.05) is 17.9 Å².